The Labute approximate surface area is 103 Å². The van der Waals surface area contributed by atoms with Gasteiger partial charge in [-0.1, -0.05) is 6.07 Å². The Morgan fingerprint density at radius 3 is 3.17 bits per heavy atom. The van der Waals surface area contributed by atoms with E-state index in [1.807, 2.05) is 18.2 Å². The van der Waals surface area contributed by atoms with Gasteiger partial charge in [0.1, 0.15) is 6.04 Å². The molecule has 1 aromatic heterocycles. The number of carbonyl (C=O) groups is 1. The molecule has 2 atom stereocenters. The lowest BCUT2D eigenvalue weighted by molar-refractivity contribution is -0.119. The summed E-state index contributed by atoms with van der Waals surface area (Å²) in [6.07, 6.45) is 1.66. The van der Waals surface area contributed by atoms with Gasteiger partial charge < -0.3 is 15.7 Å². The fourth-order valence-electron chi connectivity index (χ4n) is 2.24. The molecular formula is C12H14N4O2. The number of aromatic nitrogens is 2. The zero-order valence-electron chi connectivity index (χ0n) is 9.68. The summed E-state index contributed by atoms with van der Waals surface area (Å²) in [6, 6.07) is 5.01. The van der Waals surface area contributed by atoms with Crippen molar-refractivity contribution >= 4 is 22.5 Å². The normalized spacial score (nSPS) is 23.4. The summed E-state index contributed by atoms with van der Waals surface area (Å²) in [5, 5.41) is 23.1. The van der Waals surface area contributed by atoms with Crippen LogP contribution in [0.5, 0.6) is 0 Å². The third-order valence-corrected chi connectivity index (χ3v) is 3.21. The number of hydrogen-bond donors (Lipinski definition) is 4. The summed E-state index contributed by atoms with van der Waals surface area (Å²) in [4.78, 5) is 12.0. The molecule has 4 N–H and O–H groups in total. The lowest BCUT2D eigenvalue weighted by Gasteiger charge is -2.15. The average molecular weight is 246 g/mol. The van der Waals surface area contributed by atoms with Crippen LogP contribution in [0.4, 0.5) is 5.69 Å². The number of hydrogen-bond acceptors (Lipinski definition) is 4. The molecule has 1 aliphatic heterocycles. The molecule has 18 heavy (non-hydrogen) atoms. The molecule has 1 saturated heterocycles. The minimum Gasteiger partial charge on any atom is -0.391 e. The van der Waals surface area contributed by atoms with Crippen molar-refractivity contribution in [3.63, 3.8) is 0 Å². The molecule has 1 unspecified atom stereocenters. The van der Waals surface area contributed by atoms with E-state index in [1.54, 1.807) is 6.20 Å². The topological polar surface area (TPSA) is 90.0 Å². The van der Waals surface area contributed by atoms with Crippen molar-refractivity contribution in [2.75, 3.05) is 11.9 Å². The van der Waals surface area contributed by atoms with Crippen LogP contribution in [0.15, 0.2) is 24.4 Å². The molecule has 2 aromatic rings. The van der Waals surface area contributed by atoms with Crippen LogP contribution in [-0.4, -0.2) is 39.9 Å². The summed E-state index contributed by atoms with van der Waals surface area (Å²) in [5.74, 6) is -0.214. The molecule has 0 bridgehead atoms. The minimum atomic E-state index is -0.617. The highest BCUT2D eigenvalue weighted by atomic mass is 16.3. The van der Waals surface area contributed by atoms with Crippen LogP contribution >= 0.6 is 0 Å². The third-order valence-electron chi connectivity index (χ3n) is 3.21. The van der Waals surface area contributed by atoms with Crippen molar-refractivity contribution in [2.45, 2.75) is 18.6 Å². The molecular weight excluding hydrogens is 232 g/mol. The number of aliphatic hydroxyl groups is 1. The summed E-state index contributed by atoms with van der Waals surface area (Å²) >= 11 is 0. The van der Waals surface area contributed by atoms with Gasteiger partial charge in [0.05, 0.1) is 23.5 Å². The van der Waals surface area contributed by atoms with Gasteiger partial charge >= 0.3 is 0 Å². The number of aliphatic hydroxyl groups excluding tert-OH is 1. The number of fused-ring (bicyclic) bond motifs is 1. The molecule has 1 amide bonds. The summed E-state index contributed by atoms with van der Waals surface area (Å²) in [7, 11) is 0. The van der Waals surface area contributed by atoms with E-state index in [-0.39, 0.29) is 5.91 Å². The van der Waals surface area contributed by atoms with E-state index in [2.05, 4.69) is 20.8 Å². The largest absolute Gasteiger partial charge is 0.391 e. The van der Waals surface area contributed by atoms with E-state index in [4.69, 9.17) is 0 Å². The molecule has 3 rings (SSSR count). The maximum atomic E-state index is 12.0. The van der Waals surface area contributed by atoms with Crippen LogP contribution in [-0.2, 0) is 4.79 Å². The third kappa shape index (κ3) is 1.85. The molecule has 2 heterocycles. The standard InChI is InChI=1S/C12H14N4O2/c17-10-4-5-13-11(10)12(18)15-8-2-1-3-9-7(8)6-14-16-9/h1-3,6,10-11,13,17H,4-5H2,(H,14,16)(H,15,18)/t10-,11?/m0/s1. The number of H-pyrrole nitrogens is 1. The Morgan fingerprint density at radius 1 is 1.50 bits per heavy atom. The van der Waals surface area contributed by atoms with Crippen LogP contribution in [0.3, 0.4) is 0 Å². The summed E-state index contributed by atoms with van der Waals surface area (Å²) < 4.78 is 0. The highest BCUT2D eigenvalue weighted by molar-refractivity contribution is 6.03. The Balaban J connectivity index is 1.84. The Hall–Kier alpha value is -1.92. The Kier molecular flexibility index (Phi) is 2.73. The lowest BCUT2D eigenvalue weighted by Crippen LogP contribution is -2.42. The van der Waals surface area contributed by atoms with Gasteiger partial charge in [0.15, 0.2) is 0 Å². The quantitative estimate of drug-likeness (QED) is 0.610. The first-order valence-corrected chi connectivity index (χ1v) is 5.90. The highest BCUT2D eigenvalue weighted by Gasteiger charge is 2.31. The van der Waals surface area contributed by atoms with Gasteiger partial charge in [0, 0.05) is 5.39 Å². The molecule has 1 aromatic carbocycles. The Bertz CT molecular complexity index is 580. The van der Waals surface area contributed by atoms with Crippen molar-refractivity contribution < 1.29 is 9.90 Å². The predicted octanol–water partition coefficient (Wildman–Crippen LogP) is 0.224. The molecule has 0 radical (unpaired) electrons. The molecule has 0 aliphatic carbocycles. The van der Waals surface area contributed by atoms with E-state index < -0.39 is 12.1 Å². The maximum Gasteiger partial charge on any atom is 0.244 e. The molecule has 0 saturated carbocycles. The number of nitrogens with one attached hydrogen (secondary N) is 3. The van der Waals surface area contributed by atoms with Crippen molar-refractivity contribution in [1.82, 2.24) is 15.5 Å². The molecule has 1 aliphatic rings. The van der Waals surface area contributed by atoms with Crippen LogP contribution in [0.1, 0.15) is 6.42 Å². The number of benzene rings is 1. The number of amides is 1. The smallest absolute Gasteiger partial charge is 0.244 e. The maximum absolute atomic E-state index is 12.0. The summed E-state index contributed by atoms with van der Waals surface area (Å²) in [5.41, 5.74) is 1.57. The van der Waals surface area contributed by atoms with Crippen LogP contribution < -0.4 is 10.6 Å². The highest BCUT2D eigenvalue weighted by Crippen LogP contribution is 2.21. The second-order valence-corrected chi connectivity index (χ2v) is 4.41. The molecule has 1 fully saturated rings. The second-order valence-electron chi connectivity index (χ2n) is 4.41. The van der Waals surface area contributed by atoms with Crippen LogP contribution in [0.25, 0.3) is 10.9 Å². The minimum absolute atomic E-state index is 0.214. The van der Waals surface area contributed by atoms with E-state index in [0.717, 1.165) is 10.9 Å². The first kappa shape index (κ1) is 11.2. The van der Waals surface area contributed by atoms with E-state index in [1.165, 1.54) is 0 Å². The number of carbonyl (C=O) groups excluding carboxylic acids is 1. The van der Waals surface area contributed by atoms with Gasteiger partial charge in [-0.15, -0.1) is 0 Å². The van der Waals surface area contributed by atoms with Gasteiger partial charge in [-0.3, -0.25) is 9.89 Å². The Morgan fingerprint density at radius 2 is 2.39 bits per heavy atom. The number of nitrogens with zero attached hydrogens (tertiary/aromatic N) is 1. The summed E-state index contributed by atoms with van der Waals surface area (Å²) in [6.45, 7) is 0.662. The zero-order chi connectivity index (χ0) is 12.5. The number of aromatic amines is 1. The lowest BCUT2D eigenvalue weighted by atomic mass is 10.1. The average Bonchev–Trinajstić information content (AvgIpc) is 2.97. The molecule has 6 heteroatoms. The second kappa shape index (κ2) is 4.40. The van der Waals surface area contributed by atoms with Crippen molar-refractivity contribution in [2.24, 2.45) is 0 Å². The van der Waals surface area contributed by atoms with Crippen LogP contribution in [0, 0.1) is 0 Å². The van der Waals surface area contributed by atoms with Gasteiger partial charge in [0.2, 0.25) is 5.91 Å². The van der Waals surface area contributed by atoms with E-state index in [0.29, 0.717) is 18.7 Å². The van der Waals surface area contributed by atoms with Gasteiger partial charge in [-0.25, -0.2) is 0 Å². The molecule has 6 nitrogen and oxygen atoms in total. The van der Waals surface area contributed by atoms with Crippen LogP contribution in [0.2, 0.25) is 0 Å². The fraction of sp³-hybridized carbons (Fsp3) is 0.333. The first-order chi connectivity index (χ1) is 8.75. The number of rotatable bonds is 2. The SMILES string of the molecule is O=C(Nc1cccc2[nH]ncc12)C1NCC[C@@H]1O. The number of anilines is 1. The van der Waals surface area contributed by atoms with E-state index >= 15 is 0 Å². The van der Waals surface area contributed by atoms with E-state index in [9.17, 15) is 9.90 Å². The predicted molar refractivity (Wildman–Crippen MR) is 67.1 cm³/mol. The van der Waals surface area contributed by atoms with Gasteiger partial charge in [-0.2, -0.15) is 5.10 Å². The molecule has 94 valence electrons. The van der Waals surface area contributed by atoms with Gasteiger partial charge in [-0.05, 0) is 25.1 Å². The fourth-order valence-corrected chi connectivity index (χ4v) is 2.24. The van der Waals surface area contributed by atoms with Crippen molar-refractivity contribution in [3.05, 3.63) is 24.4 Å². The van der Waals surface area contributed by atoms with Gasteiger partial charge in [0.25, 0.3) is 0 Å². The zero-order valence-corrected chi connectivity index (χ0v) is 9.68. The van der Waals surface area contributed by atoms with Crippen molar-refractivity contribution in [3.8, 4) is 0 Å². The first-order valence-electron chi connectivity index (χ1n) is 5.90. The monoisotopic (exact) mass is 246 g/mol. The van der Waals surface area contributed by atoms with Crippen molar-refractivity contribution in [1.29, 1.82) is 0 Å². The molecule has 0 spiro atoms.